The Morgan fingerprint density at radius 3 is 2.39 bits per heavy atom. The summed E-state index contributed by atoms with van der Waals surface area (Å²) in [5.41, 5.74) is 1.38. The third kappa shape index (κ3) is 4.60. The van der Waals surface area contributed by atoms with Crippen molar-refractivity contribution < 1.29 is 22.9 Å². The van der Waals surface area contributed by atoms with Crippen molar-refractivity contribution in [1.82, 2.24) is 0 Å². The van der Waals surface area contributed by atoms with E-state index in [1.54, 1.807) is 23.1 Å². The van der Waals surface area contributed by atoms with Gasteiger partial charge in [-0.05, 0) is 54.4 Å². The van der Waals surface area contributed by atoms with Gasteiger partial charge in [0, 0.05) is 30.1 Å². The second kappa shape index (κ2) is 8.57. The van der Waals surface area contributed by atoms with Crippen LogP contribution in [-0.2, 0) is 12.6 Å². The number of fused-ring (bicyclic) bond motifs is 1. The molecule has 4 rings (SSSR count). The number of carbonyl (C=O) groups excluding carboxylic acids is 1. The first kappa shape index (κ1) is 22.9. The molecule has 33 heavy (non-hydrogen) atoms. The Balaban J connectivity index is 1.57. The number of nitro groups is 1. The predicted molar refractivity (Wildman–Crippen MR) is 120 cm³/mol. The highest BCUT2D eigenvalue weighted by atomic mass is 35.5. The van der Waals surface area contributed by atoms with E-state index >= 15 is 0 Å². The van der Waals surface area contributed by atoms with E-state index in [2.05, 4.69) is 5.32 Å². The lowest BCUT2D eigenvalue weighted by Gasteiger charge is -2.22. The fourth-order valence-corrected chi connectivity index (χ4v) is 4.12. The molecule has 170 valence electrons. The number of halogens is 5. The van der Waals surface area contributed by atoms with Gasteiger partial charge >= 0.3 is 6.18 Å². The third-order valence-corrected chi connectivity index (χ3v) is 5.84. The molecule has 1 heterocycles. The van der Waals surface area contributed by atoms with Crippen molar-refractivity contribution >= 4 is 51.9 Å². The maximum Gasteiger partial charge on any atom is 0.416 e. The zero-order chi connectivity index (χ0) is 23.9. The van der Waals surface area contributed by atoms with Gasteiger partial charge in [0.15, 0.2) is 0 Å². The second-order valence-corrected chi connectivity index (χ2v) is 8.10. The number of benzene rings is 3. The molecule has 0 saturated heterocycles. The lowest BCUT2D eigenvalue weighted by Crippen LogP contribution is -2.15. The fourth-order valence-electron chi connectivity index (χ4n) is 3.63. The molecular formula is C22H14Cl2F3N3O3. The molecule has 0 atom stereocenters. The van der Waals surface area contributed by atoms with Crippen molar-refractivity contribution in [2.45, 2.75) is 12.6 Å². The average Bonchev–Trinajstić information content (AvgIpc) is 3.16. The highest BCUT2D eigenvalue weighted by Crippen LogP contribution is 2.41. The molecule has 1 N–H and O–H groups in total. The van der Waals surface area contributed by atoms with Crippen LogP contribution in [0.2, 0.25) is 10.0 Å². The number of nitro benzene ring substituents is 1. The number of non-ortho nitro benzene ring substituents is 1. The smallest absolute Gasteiger partial charge is 0.340 e. The second-order valence-electron chi connectivity index (χ2n) is 7.28. The summed E-state index contributed by atoms with van der Waals surface area (Å²) in [7, 11) is 0. The third-order valence-electron chi connectivity index (χ3n) is 5.20. The molecule has 0 radical (unpaired) electrons. The fraction of sp³-hybridized carbons (Fsp3) is 0.136. The van der Waals surface area contributed by atoms with Crippen LogP contribution in [0.1, 0.15) is 21.5 Å². The summed E-state index contributed by atoms with van der Waals surface area (Å²) >= 11 is 12.2. The molecule has 1 aliphatic heterocycles. The molecule has 0 bridgehead atoms. The van der Waals surface area contributed by atoms with Crippen molar-refractivity contribution in [3.05, 3.63) is 91.4 Å². The number of rotatable bonds is 4. The molecule has 0 saturated carbocycles. The van der Waals surface area contributed by atoms with E-state index < -0.39 is 22.6 Å². The van der Waals surface area contributed by atoms with Gasteiger partial charge in [0.25, 0.3) is 11.6 Å². The maximum absolute atomic E-state index is 12.9. The quantitative estimate of drug-likeness (QED) is 0.316. The van der Waals surface area contributed by atoms with Gasteiger partial charge in [0.1, 0.15) is 0 Å². The highest BCUT2D eigenvalue weighted by molar-refractivity contribution is 6.34. The van der Waals surface area contributed by atoms with E-state index in [0.29, 0.717) is 24.3 Å². The molecular weight excluding hydrogens is 482 g/mol. The van der Waals surface area contributed by atoms with Crippen molar-refractivity contribution in [1.29, 1.82) is 0 Å². The molecule has 3 aromatic rings. The Kier molecular flexibility index (Phi) is 5.94. The number of hydrogen-bond acceptors (Lipinski definition) is 4. The molecule has 1 amide bonds. The first-order chi connectivity index (χ1) is 15.5. The van der Waals surface area contributed by atoms with Crippen LogP contribution in [0.4, 0.5) is 35.9 Å². The standard InChI is InChI=1S/C22H14Cl2F3N3O3/c23-17-4-3-15(30(32)33)11-16(17)21(31)28-14-2-6-19-12(9-14)7-8-29(19)20-5-1-13(10-18(20)24)22(25,26)27/h1-6,9-11H,7-8H2,(H,28,31). The summed E-state index contributed by atoms with van der Waals surface area (Å²) in [4.78, 5) is 24.8. The zero-order valence-electron chi connectivity index (χ0n) is 16.6. The summed E-state index contributed by atoms with van der Waals surface area (Å²) < 4.78 is 38.8. The van der Waals surface area contributed by atoms with Crippen molar-refractivity contribution in [2.75, 3.05) is 16.8 Å². The average molecular weight is 496 g/mol. The summed E-state index contributed by atoms with van der Waals surface area (Å²) in [6.07, 6.45) is -3.91. The van der Waals surface area contributed by atoms with E-state index in [4.69, 9.17) is 23.2 Å². The van der Waals surface area contributed by atoms with E-state index in [0.717, 1.165) is 29.4 Å². The number of anilines is 3. The number of hydrogen-bond donors (Lipinski definition) is 1. The summed E-state index contributed by atoms with van der Waals surface area (Å²) in [5, 5.41) is 13.7. The number of amides is 1. The van der Waals surface area contributed by atoms with Gasteiger partial charge in [-0.1, -0.05) is 23.2 Å². The van der Waals surface area contributed by atoms with Crippen LogP contribution in [0.15, 0.2) is 54.6 Å². The van der Waals surface area contributed by atoms with Crippen LogP contribution >= 0.6 is 23.2 Å². The Morgan fingerprint density at radius 2 is 1.73 bits per heavy atom. The maximum atomic E-state index is 12.9. The molecule has 6 nitrogen and oxygen atoms in total. The molecule has 0 aliphatic carbocycles. The first-order valence-corrected chi connectivity index (χ1v) is 10.3. The van der Waals surface area contributed by atoms with Crippen LogP contribution < -0.4 is 10.2 Å². The lowest BCUT2D eigenvalue weighted by molar-refractivity contribution is -0.384. The summed E-state index contributed by atoms with van der Waals surface area (Å²) in [6, 6.07) is 11.9. The minimum Gasteiger partial charge on any atom is -0.340 e. The molecule has 0 aromatic heterocycles. The van der Waals surface area contributed by atoms with Crippen LogP contribution in [-0.4, -0.2) is 17.4 Å². The van der Waals surface area contributed by atoms with Crippen LogP contribution in [0, 0.1) is 10.1 Å². The van der Waals surface area contributed by atoms with Crippen molar-refractivity contribution in [3.63, 3.8) is 0 Å². The Labute approximate surface area is 195 Å². The molecule has 3 aromatic carbocycles. The zero-order valence-corrected chi connectivity index (χ0v) is 18.1. The molecule has 1 aliphatic rings. The van der Waals surface area contributed by atoms with Crippen LogP contribution in [0.25, 0.3) is 0 Å². The highest BCUT2D eigenvalue weighted by Gasteiger charge is 2.32. The topological polar surface area (TPSA) is 75.5 Å². The Morgan fingerprint density at radius 1 is 1.00 bits per heavy atom. The SMILES string of the molecule is O=C(Nc1ccc2c(c1)CCN2c1ccc(C(F)(F)F)cc1Cl)c1cc([N+](=O)[O-])ccc1Cl. The van der Waals surface area contributed by atoms with Gasteiger partial charge in [0.05, 0.1) is 31.8 Å². The van der Waals surface area contributed by atoms with Crippen molar-refractivity contribution in [3.8, 4) is 0 Å². The van der Waals surface area contributed by atoms with E-state index in [9.17, 15) is 28.1 Å². The van der Waals surface area contributed by atoms with Gasteiger partial charge in [-0.2, -0.15) is 13.2 Å². The molecule has 0 unspecified atom stereocenters. The summed E-state index contributed by atoms with van der Waals surface area (Å²) in [6.45, 7) is 0.495. The minimum atomic E-state index is -4.49. The summed E-state index contributed by atoms with van der Waals surface area (Å²) in [5.74, 6) is -0.607. The Hall–Kier alpha value is -3.30. The molecule has 0 spiro atoms. The van der Waals surface area contributed by atoms with Gasteiger partial charge in [-0.3, -0.25) is 14.9 Å². The minimum absolute atomic E-state index is 0.0182. The number of nitrogens with one attached hydrogen (secondary N) is 1. The largest absolute Gasteiger partial charge is 0.416 e. The van der Waals surface area contributed by atoms with Gasteiger partial charge in [0.2, 0.25) is 0 Å². The van der Waals surface area contributed by atoms with Gasteiger partial charge < -0.3 is 10.2 Å². The molecule has 11 heteroatoms. The van der Waals surface area contributed by atoms with E-state index in [1.165, 1.54) is 18.2 Å². The van der Waals surface area contributed by atoms with E-state index in [-0.39, 0.29) is 21.3 Å². The predicted octanol–water partition coefficient (Wildman–Crippen LogP) is 6.87. The monoisotopic (exact) mass is 495 g/mol. The molecule has 0 fully saturated rings. The number of alkyl halides is 3. The number of carbonyl (C=O) groups is 1. The van der Waals surface area contributed by atoms with Gasteiger partial charge in [-0.25, -0.2) is 0 Å². The van der Waals surface area contributed by atoms with Crippen molar-refractivity contribution in [2.24, 2.45) is 0 Å². The Bertz CT molecular complexity index is 1280. The lowest BCUT2D eigenvalue weighted by atomic mass is 10.1. The first-order valence-electron chi connectivity index (χ1n) is 9.57. The van der Waals surface area contributed by atoms with Gasteiger partial charge in [-0.15, -0.1) is 0 Å². The van der Waals surface area contributed by atoms with Crippen LogP contribution in [0.5, 0.6) is 0 Å². The number of nitrogens with zero attached hydrogens (tertiary/aromatic N) is 2. The van der Waals surface area contributed by atoms with Crippen LogP contribution in [0.3, 0.4) is 0 Å². The normalized spacial score (nSPS) is 13.1. The van der Waals surface area contributed by atoms with E-state index in [1.807, 2.05) is 0 Å².